The number of nitrogens with one attached hydrogen (secondary N) is 2. The summed E-state index contributed by atoms with van der Waals surface area (Å²) in [5, 5.41) is 5.83. The number of hydrogen-bond donors (Lipinski definition) is 2. The highest BCUT2D eigenvalue weighted by atomic mass is 16.5. The van der Waals surface area contributed by atoms with E-state index in [0.29, 0.717) is 24.5 Å². The van der Waals surface area contributed by atoms with Gasteiger partial charge >= 0.3 is 6.01 Å². The average molecular weight is 294 g/mol. The molecule has 2 heterocycles. The van der Waals surface area contributed by atoms with Crippen LogP contribution in [0.15, 0.2) is 0 Å². The summed E-state index contributed by atoms with van der Waals surface area (Å²) in [6.07, 6.45) is 0.872. The molecule has 0 bridgehead atoms. The van der Waals surface area contributed by atoms with Crippen LogP contribution >= 0.6 is 0 Å². The number of anilines is 2. The Hall–Kier alpha value is -2.12. The third-order valence-electron chi connectivity index (χ3n) is 3.05. The van der Waals surface area contributed by atoms with E-state index in [-0.39, 0.29) is 18.1 Å². The van der Waals surface area contributed by atoms with Crippen LogP contribution in [-0.2, 0) is 4.79 Å². The number of hydrogen-bond acceptors (Lipinski definition) is 7. The van der Waals surface area contributed by atoms with Crippen molar-refractivity contribution in [1.29, 1.82) is 0 Å². The molecule has 1 amide bonds. The fraction of sp³-hybridized carbons (Fsp3) is 0.692. The highest BCUT2D eigenvalue weighted by Crippen LogP contribution is 2.20. The highest BCUT2D eigenvalue weighted by molar-refractivity contribution is 5.73. The molecule has 0 spiro atoms. The predicted octanol–water partition coefficient (Wildman–Crippen LogP) is 0.415. The second kappa shape index (κ2) is 6.55. The van der Waals surface area contributed by atoms with E-state index < -0.39 is 0 Å². The largest absolute Gasteiger partial charge is 0.461 e. The van der Waals surface area contributed by atoms with Gasteiger partial charge in [0.15, 0.2) is 0 Å². The van der Waals surface area contributed by atoms with E-state index in [2.05, 4.69) is 25.6 Å². The van der Waals surface area contributed by atoms with Gasteiger partial charge in [-0.25, -0.2) is 0 Å². The first kappa shape index (κ1) is 15.3. The zero-order valence-corrected chi connectivity index (χ0v) is 12.9. The van der Waals surface area contributed by atoms with E-state index in [1.54, 1.807) is 7.05 Å². The number of rotatable bonds is 5. The number of carbonyl (C=O) groups is 1. The van der Waals surface area contributed by atoms with Crippen molar-refractivity contribution in [3.05, 3.63) is 0 Å². The summed E-state index contributed by atoms with van der Waals surface area (Å²) in [5.74, 6) is 1.02. The molecule has 1 atom stereocenters. The standard InChI is InChI=1S/C13H22N6O2/c1-8(2)21-13-17-11(14-4)16-12(18-13)19-6-5-10(7-19)15-9(3)20/h8,10H,5-7H2,1-4H3,(H,15,20)(H,14,16,17,18). The van der Waals surface area contributed by atoms with E-state index in [1.807, 2.05) is 18.7 Å². The van der Waals surface area contributed by atoms with Gasteiger partial charge in [-0.05, 0) is 20.3 Å². The predicted molar refractivity (Wildman–Crippen MR) is 79.6 cm³/mol. The van der Waals surface area contributed by atoms with Gasteiger partial charge in [0.1, 0.15) is 0 Å². The summed E-state index contributed by atoms with van der Waals surface area (Å²) < 4.78 is 5.55. The Labute approximate surface area is 124 Å². The van der Waals surface area contributed by atoms with Crippen molar-refractivity contribution in [3.8, 4) is 6.01 Å². The van der Waals surface area contributed by atoms with Gasteiger partial charge in [-0.15, -0.1) is 0 Å². The monoisotopic (exact) mass is 294 g/mol. The molecule has 1 aliphatic heterocycles. The first-order valence-corrected chi connectivity index (χ1v) is 7.10. The summed E-state index contributed by atoms with van der Waals surface area (Å²) in [5.41, 5.74) is 0. The number of nitrogens with zero attached hydrogens (tertiary/aromatic N) is 4. The Balaban J connectivity index is 2.13. The summed E-state index contributed by atoms with van der Waals surface area (Å²) >= 11 is 0. The van der Waals surface area contributed by atoms with E-state index >= 15 is 0 Å². The maximum absolute atomic E-state index is 11.1. The van der Waals surface area contributed by atoms with Crippen molar-refractivity contribution in [2.24, 2.45) is 0 Å². The minimum Gasteiger partial charge on any atom is -0.461 e. The Morgan fingerprint density at radius 1 is 1.38 bits per heavy atom. The second-order valence-corrected chi connectivity index (χ2v) is 5.29. The molecule has 8 nitrogen and oxygen atoms in total. The third kappa shape index (κ3) is 4.17. The Morgan fingerprint density at radius 2 is 2.14 bits per heavy atom. The fourth-order valence-corrected chi connectivity index (χ4v) is 2.21. The number of ether oxygens (including phenoxy) is 1. The molecule has 1 aromatic heterocycles. The van der Waals surface area contributed by atoms with E-state index in [9.17, 15) is 4.79 Å². The molecule has 116 valence electrons. The van der Waals surface area contributed by atoms with Gasteiger partial charge in [-0.2, -0.15) is 15.0 Å². The Morgan fingerprint density at radius 3 is 2.76 bits per heavy atom. The lowest BCUT2D eigenvalue weighted by molar-refractivity contribution is -0.119. The van der Waals surface area contributed by atoms with Gasteiger partial charge in [0.2, 0.25) is 17.8 Å². The van der Waals surface area contributed by atoms with Crippen LogP contribution in [0.2, 0.25) is 0 Å². The van der Waals surface area contributed by atoms with Crippen LogP contribution < -0.4 is 20.3 Å². The topological polar surface area (TPSA) is 92.3 Å². The van der Waals surface area contributed by atoms with E-state index in [4.69, 9.17) is 4.74 Å². The summed E-state index contributed by atoms with van der Waals surface area (Å²) in [6.45, 7) is 6.85. The van der Waals surface area contributed by atoms with Crippen LogP contribution in [0.1, 0.15) is 27.2 Å². The zero-order chi connectivity index (χ0) is 15.4. The van der Waals surface area contributed by atoms with E-state index in [0.717, 1.165) is 13.0 Å². The molecular weight excluding hydrogens is 272 g/mol. The van der Waals surface area contributed by atoms with Gasteiger partial charge in [0.05, 0.1) is 6.10 Å². The Kier molecular flexibility index (Phi) is 4.77. The molecule has 8 heteroatoms. The molecule has 2 N–H and O–H groups in total. The molecule has 1 fully saturated rings. The molecule has 0 aliphatic carbocycles. The fourth-order valence-electron chi connectivity index (χ4n) is 2.21. The van der Waals surface area contributed by atoms with Gasteiger partial charge in [-0.1, -0.05) is 0 Å². The SMILES string of the molecule is CNc1nc(OC(C)C)nc(N2CCC(NC(C)=O)C2)n1. The summed E-state index contributed by atoms with van der Waals surface area (Å²) in [4.78, 5) is 26.0. The van der Waals surface area contributed by atoms with Crippen molar-refractivity contribution >= 4 is 17.8 Å². The highest BCUT2D eigenvalue weighted by Gasteiger charge is 2.26. The molecular formula is C13H22N6O2. The molecule has 0 aromatic carbocycles. The minimum atomic E-state index is -0.0164. The number of amides is 1. The van der Waals surface area contributed by atoms with Crippen LogP contribution in [-0.4, -0.2) is 53.1 Å². The van der Waals surface area contributed by atoms with Crippen molar-refractivity contribution in [3.63, 3.8) is 0 Å². The zero-order valence-electron chi connectivity index (χ0n) is 12.9. The first-order valence-electron chi connectivity index (χ1n) is 7.10. The molecule has 1 aliphatic rings. The first-order chi connectivity index (χ1) is 9.97. The van der Waals surface area contributed by atoms with Gasteiger partial charge < -0.3 is 20.3 Å². The van der Waals surface area contributed by atoms with Crippen LogP contribution in [0, 0.1) is 0 Å². The van der Waals surface area contributed by atoms with Crippen LogP contribution in [0.25, 0.3) is 0 Å². The molecule has 1 aromatic rings. The molecule has 1 saturated heterocycles. The molecule has 1 unspecified atom stereocenters. The van der Waals surface area contributed by atoms with E-state index in [1.165, 1.54) is 6.92 Å². The molecule has 2 rings (SSSR count). The quantitative estimate of drug-likeness (QED) is 0.812. The third-order valence-corrected chi connectivity index (χ3v) is 3.05. The minimum absolute atomic E-state index is 0.00402. The summed E-state index contributed by atoms with van der Waals surface area (Å²) in [6, 6.07) is 0.439. The lowest BCUT2D eigenvalue weighted by Gasteiger charge is -2.18. The number of carbonyl (C=O) groups excluding carboxylic acids is 1. The Bertz CT molecular complexity index is 507. The lowest BCUT2D eigenvalue weighted by atomic mass is 10.3. The van der Waals surface area contributed by atoms with Crippen LogP contribution in [0.5, 0.6) is 6.01 Å². The molecule has 21 heavy (non-hydrogen) atoms. The lowest BCUT2D eigenvalue weighted by Crippen LogP contribution is -2.36. The average Bonchev–Trinajstić information content (AvgIpc) is 2.85. The second-order valence-electron chi connectivity index (χ2n) is 5.29. The van der Waals surface area contributed by atoms with Crippen LogP contribution in [0.4, 0.5) is 11.9 Å². The molecule has 0 radical (unpaired) electrons. The normalized spacial score (nSPS) is 18.0. The van der Waals surface area contributed by atoms with Crippen molar-refractivity contribution in [1.82, 2.24) is 20.3 Å². The maximum atomic E-state index is 11.1. The van der Waals surface area contributed by atoms with Gasteiger partial charge in [0.25, 0.3) is 0 Å². The summed E-state index contributed by atoms with van der Waals surface area (Å²) in [7, 11) is 1.75. The smallest absolute Gasteiger partial charge is 0.323 e. The van der Waals surface area contributed by atoms with Crippen molar-refractivity contribution < 1.29 is 9.53 Å². The van der Waals surface area contributed by atoms with Crippen LogP contribution in [0.3, 0.4) is 0 Å². The molecule has 0 saturated carbocycles. The number of aromatic nitrogens is 3. The van der Waals surface area contributed by atoms with Gasteiger partial charge in [-0.3, -0.25) is 4.79 Å². The maximum Gasteiger partial charge on any atom is 0.323 e. The van der Waals surface area contributed by atoms with Gasteiger partial charge in [0, 0.05) is 33.1 Å². The van der Waals surface area contributed by atoms with Crippen molar-refractivity contribution in [2.75, 3.05) is 30.4 Å². The van der Waals surface area contributed by atoms with Crippen molar-refractivity contribution in [2.45, 2.75) is 39.3 Å².